The molecule has 2 heterocycles. The standard InChI is InChI=1S/C17H25N3O3S/c1-13(2)24(22,23)20-11-15(17(12-20)6-3-7-17)16(21)19-10-14-4-8-18-9-5-14/h4-5,8-9,13,15H,3,6-7,10-12H2,1-2H3,(H,19,21). The van der Waals surface area contributed by atoms with Gasteiger partial charge in [-0.2, -0.15) is 0 Å². The lowest BCUT2D eigenvalue weighted by atomic mass is 9.62. The molecule has 24 heavy (non-hydrogen) atoms. The van der Waals surface area contributed by atoms with Gasteiger partial charge in [-0.3, -0.25) is 9.78 Å². The van der Waals surface area contributed by atoms with E-state index in [4.69, 9.17) is 0 Å². The summed E-state index contributed by atoms with van der Waals surface area (Å²) in [6, 6.07) is 3.73. The molecule has 1 saturated carbocycles. The van der Waals surface area contributed by atoms with Crippen molar-refractivity contribution in [2.45, 2.75) is 44.9 Å². The van der Waals surface area contributed by atoms with E-state index in [-0.39, 0.29) is 17.2 Å². The Morgan fingerprint density at radius 2 is 2.04 bits per heavy atom. The van der Waals surface area contributed by atoms with Gasteiger partial charge in [0, 0.05) is 32.0 Å². The van der Waals surface area contributed by atoms with Gasteiger partial charge >= 0.3 is 0 Å². The molecule has 1 atom stereocenters. The molecule has 0 radical (unpaired) electrons. The normalized spacial score (nSPS) is 23.4. The maximum atomic E-state index is 12.7. The number of rotatable bonds is 5. The fourth-order valence-corrected chi connectivity index (χ4v) is 5.12. The molecule has 2 aliphatic rings. The average molecular weight is 351 g/mol. The van der Waals surface area contributed by atoms with Gasteiger partial charge in [0.25, 0.3) is 0 Å². The third-order valence-electron chi connectivity index (χ3n) is 5.45. The molecule has 0 aromatic carbocycles. The average Bonchev–Trinajstić information content (AvgIpc) is 2.95. The van der Waals surface area contributed by atoms with Crippen LogP contribution in [0, 0.1) is 11.3 Å². The molecular weight excluding hydrogens is 326 g/mol. The lowest BCUT2D eigenvalue weighted by Gasteiger charge is -2.42. The molecule has 0 bridgehead atoms. The van der Waals surface area contributed by atoms with Crippen LogP contribution in [0.25, 0.3) is 0 Å². The number of carbonyl (C=O) groups is 1. The lowest BCUT2D eigenvalue weighted by Crippen LogP contribution is -2.45. The maximum Gasteiger partial charge on any atom is 0.225 e. The monoisotopic (exact) mass is 351 g/mol. The number of pyridine rings is 1. The second kappa shape index (κ2) is 6.44. The fourth-order valence-electron chi connectivity index (χ4n) is 3.73. The van der Waals surface area contributed by atoms with Crippen LogP contribution in [0.15, 0.2) is 24.5 Å². The Kier molecular flexibility index (Phi) is 4.66. The van der Waals surface area contributed by atoms with E-state index in [1.54, 1.807) is 26.2 Å². The highest BCUT2D eigenvalue weighted by atomic mass is 32.2. The summed E-state index contributed by atoms with van der Waals surface area (Å²) in [6.07, 6.45) is 6.33. The van der Waals surface area contributed by atoms with Crippen LogP contribution in [0.1, 0.15) is 38.7 Å². The summed E-state index contributed by atoms with van der Waals surface area (Å²) in [4.78, 5) is 16.7. The van der Waals surface area contributed by atoms with E-state index in [2.05, 4.69) is 10.3 Å². The summed E-state index contributed by atoms with van der Waals surface area (Å²) in [7, 11) is -3.31. The molecule has 1 unspecified atom stereocenters. The number of sulfonamides is 1. The number of nitrogens with zero attached hydrogens (tertiary/aromatic N) is 2. The second-order valence-electron chi connectivity index (χ2n) is 7.23. The summed E-state index contributed by atoms with van der Waals surface area (Å²) in [5.41, 5.74) is 0.829. The minimum Gasteiger partial charge on any atom is -0.352 e. The number of amides is 1. The third-order valence-corrected chi connectivity index (χ3v) is 7.64. The predicted molar refractivity (Wildman–Crippen MR) is 91.5 cm³/mol. The minimum absolute atomic E-state index is 0.0343. The molecule has 1 aromatic rings. The van der Waals surface area contributed by atoms with Gasteiger partial charge in [0.1, 0.15) is 0 Å². The minimum atomic E-state index is -3.31. The fraction of sp³-hybridized carbons (Fsp3) is 0.647. The van der Waals surface area contributed by atoms with Crippen molar-refractivity contribution in [1.29, 1.82) is 0 Å². The summed E-state index contributed by atoms with van der Waals surface area (Å²) in [6.45, 7) is 4.63. The molecule has 2 fully saturated rings. The second-order valence-corrected chi connectivity index (χ2v) is 9.72. The van der Waals surface area contributed by atoms with E-state index in [9.17, 15) is 13.2 Å². The van der Waals surface area contributed by atoms with Gasteiger partial charge in [-0.25, -0.2) is 12.7 Å². The van der Waals surface area contributed by atoms with Crippen molar-refractivity contribution in [3.63, 3.8) is 0 Å². The Labute approximate surface area is 143 Å². The highest BCUT2D eigenvalue weighted by molar-refractivity contribution is 7.89. The topological polar surface area (TPSA) is 79.4 Å². The summed E-state index contributed by atoms with van der Waals surface area (Å²) in [5, 5.41) is 2.53. The first kappa shape index (κ1) is 17.4. The zero-order chi connectivity index (χ0) is 17.4. The SMILES string of the molecule is CC(C)S(=O)(=O)N1CC(C(=O)NCc2ccncc2)C2(CCC2)C1. The number of nitrogens with one attached hydrogen (secondary N) is 1. The smallest absolute Gasteiger partial charge is 0.225 e. The zero-order valence-electron chi connectivity index (χ0n) is 14.2. The number of hydrogen-bond acceptors (Lipinski definition) is 4. The molecule has 1 saturated heterocycles. The Balaban J connectivity index is 1.70. The molecule has 3 rings (SSSR count). The highest BCUT2D eigenvalue weighted by Crippen LogP contribution is 2.52. The van der Waals surface area contributed by atoms with Gasteiger partial charge < -0.3 is 5.32 Å². The van der Waals surface area contributed by atoms with Crippen LogP contribution in [0.5, 0.6) is 0 Å². The quantitative estimate of drug-likeness (QED) is 0.873. The molecule has 1 aliphatic heterocycles. The van der Waals surface area contributed by atoms with Crippen molar-refractivity contribution in [1.82, 2.24) is 14.6 Å². The number of hydrogen-bond donors (Lipinski definition) is 1. The van der Waals surface area contributed by atoms with E-state index < -0.39 is 15.3 Å². The van der Waals surface area contributed by atoms with Crippen LogP contribution in [0.2, 0.25) is 0 Å². The highest BCUT2D eigenvalue weighted by Gasteiger charge is 2.55. The molecule has 1 aromatic heterocycles. The molecule has 1 spiro atoms. The van der Waals surface area contributed by atoms with E-state index in [1.165, 1.54) is 4.31 Å². The Hall–Kier alpha value is -1.47. The van der Waals surface area contributed by atoms with Crippen molar-refractivity contribution < 1.29 is 13.2 Å². The summed E-state index contributed by atoms with van der Waals surface area (Å²) >= 11 is 0. The maximum absolute atomic E-state index is 12.7. The molecule has 6 nitrogen and oxygen atoms in total. The molecule has 1 aliphatic carbocycles. The van der Waals surface area contributed by atoms with Crippen LogP contribution in [-0.2, 0) is 21.4 Å². The van der Waals surface area contributed by atoms with Gasteiger partial charge in [-0.05, 0) is 49.8 Å². The first-order valence-corrected chi connectivity index (χ1v) is 10.0. The van der Waals surface area contributed by atoms with Crippen LogP contribution in [-0.4, -0.2) is 42.0 Å². The third kappa shape index (κ3) is 3.07. The van der Waals surface area contributed by atoms with Crippen molar-refractivity contribution in [2.24, 2.45) is 11.3 Å². The summed E-state index contributed by atoms with van der Waals surface area (Å²) < 4.78 is 26.5. The Bertz CT molecular complexity index is 699. The van der Waals surface area contributed by atoms with E-state index in [1.807, 2.05) is 12.1 Å². The first-order valence-electron chi connectivity index (χ1n) is 8.51. The van der Waals surface area contributed by atoms with Crippen molar-refractivity contribution in [3.8, 4) is 0 Å². The van der Waals surface area contributed by atoms with Crippen LogP contribution in [0.4, 0.5) is 0 Å². The Morgan fingerprint density at radius 3 is 2.58 bits per heavy atom. The summed E-state index contributed by atoms with van der Waals surface area (Å²) in [5.74, 6) is -0.283. The molecule has 7 heteroatoms. The van der Waals surface area contributed by atoms with Crippen LogP contribution >= 0.6 is 0 Å². The van der Waals surface area contributed by atoms with E-state index in [0.29, 0.717) is 19.6 Å². The van der Waals surface area contributed by atoms with Gasteiger partial charge in [-0.1, -0.05) is 6.42 Å². The van der Waals surface area contributed by atoms with Crippen LogP contribution < -0.4 is 5.32 Å². The lowest BCUT2D eigenvalue weighted by molar-refractivity contribution is -0.129. The van der Waals surface area contributed by atoms with E-state index >= 15 is 0 Å². The molecule has 1 N–H and O–H groups in total. The van der Waals surface area contributed by atoms with Gasteiger partial charge in [-0.15, -0.1) is 0 Å². The van der Waals surface area contributed by atoms with Gasteiger partial charge in [0.2, 0.25) is 15.9 Å². The molecular formula is C17H25N3O3S. The van der Waals surface area contributed by atoms with Crippen molar-refractivity contribution in [3.05, 3.63) is 30.1 Å². The van der Waals surface area contributed by atoms with Gasteiger partial charge in [0.05, 0.1) is 11.2 Å². The predicted octanol–water partition coefficient (Wildman–Crippen LogP) is 1.54. The first-order chi connectivity index (χ1) is 11.3. The molecule has 132 valence electrons. The number of aromatic nitrogens is 1. The van der Waals surface area contributed by atoms with Crippen molar-refractivity contribution >= 4 is 15.9 Å². The molecule has 1 amide bonds. The zero-order valence-corrected chi connectivity index (χ0v) is 15.1. The Morgan fingerprint density at radius 1 is 1.38 bits per heavy atom. The van der Waals surface area contributed by atoms with Crippen LogP contribution in [0.3, 0.4) is 0 Å². The largest absolute Gasteiger partial charge is 0.352 e. The van der Waals surface area contributed by atoms with Crippen molar-refractivity contribution in [2.75, 3.05) is 13.1 Å². The number of carbonyl (C=O) groups excluding carboxylic acids is 1. The van der Waals surface area contributed by atoms with E-state index in [0.717, 1.165) is 24.8 Å². The van der Waals surface area contributed by atoms with Gasteiger partial charge in [0.15, 0.2) is 0 Å².